The van der Waals surface area contributed by atoms with Gasteiger partial charge in [0.2, 0.25) is 5.91 Å². The topological polar surface area (TPSA) is 51.5 Å². The van der Waals surface area contributed by atoms with Crippen LogP contribution in [0.2, 0.25) is 0 Å². The highest BCUT2D eigenvalue weighted by atomic mass is 16.5. The number of furan rings is 1. The number of anilines is 1. The van der Waals surface area contributed by atoms with Crippen molar-refractivity contribution in [3.63, 3.8) is 0 Å². The number of benzene rings is 3. The monoisotopic (exact) mass is 425 g/mol. The van der Waals surface area contributed by atoms with Gasteiger partial charge in [-0.05, 0) is 56.5 Å². The molecule has 3 aromatic carbocycles. The Labute approximate surface area is 188 Å². The molecule has 162 valence electrons. The molecule has 1 N–H and O–H groups in total. The molecule has 4 aromatic rings. The lowest BCUT2D eigenvalue weighted by Gasteiger charge is -2.15. The van der Waals surface area contributed by atoms with Crippen LogP contribution in [0, 0.1) is 13.8 Å². The summed E-state index contributed by atoms with van der Waals surface area (Å²) >= 11 is 0. The number of amides is 1. The van der Waals surface area contributed by atoms with Gasteiger partial charge in [0.15, 0.2) is 0 Å². The number of allylic oxidation sites excluding steroid dienone is 1. The second-order valence-electron chi connectivity index (χ2n) is 7.83. The van der Waals surface area contributed by atoms with E-state index in [1.807, 2.05) is 70.2 Å². The van der Waals surface area contributed by atoms with Gasteiger partial charge in [0.25, 0.3) is 0 Å². The van der Waals surface area contributed by atoms with Gasteiger partial charge in [-0.2, -0.15) is 0 Å². The highest BCUT2D eigenvalue weighted by molar-refractivity contribution is 6.06. The molecule has 0 spiro atoms. The van der Waals surface area contributed by atoms with Gasteiger partial charge in [0.1, 0.15) is 11.3 Å². The first-order valence-electron chi connectivity index (χ1n) is 10.8. The molecule has 0 aliphatic rings. The quantitative estimate of drug-likeness (QED) is 0.334. The number of carbonyl (C=O) groups is 1. The number of rotatable bonds is 6. The summed E-state index contributed by atoms with van der Waals surface area (Å²) in [7, 11) is 0. The number of hydrogen-bond donors (Lipinski definition) is 1. The second kappa shape index (κ2) is 9.15. The fourth-order valence-electron chi connectivity index (χ4n) is 3.94. The molecule has 0 atom stereocenters. The molecule has 1 heterocycles. The van der Waals surface area contributed by atoms with E-state index in [4.69, 9.17) is 9.15 Å². The zero-order chi connectivity index (χ0) is 22.7. The predicted octanol–water partition coefficient (Wildman–Crippen LogP) is 7.16. The fourth-order valence-corrected chi connectivity index (χ4v) is 3.94. The van der Waals surface area contributed by atoms with Crippen LogP contribution in [0.4, 0.5) is 5.69 Å². The lowest BCUT2D eigenvalue weighted by atomic mass is 9.96. The Morgan fingerprint density at radius 2 is 1.78 bits per heavy atom. The van der Waals surface area contributed by atoms with E-state index in [0.717, 1.165) is 55.8 Å². The minimum absolute atomic E-state index is 0.174. The van der Waals surface area contributed by atoms with Gasteiger partial charge >= 0.3 is 0 Å². The lowest BCUT2D eigenvalue weighted by molar-refractivity contribution is -0.111. The normalized spacial score (nSPS) is 11.6. The van der Waals surface area contributed by atoms with E-state index in [1.165, 1.54) is 0 Å². The summed E-state index contributed by atoms with van der Waals surface area (Å²) in [4.78, 5) is 12.8. The molecule has 0 unspecified atom stereocenters. The van der Waals surface area contributed by atoms with Crippen molar-refractivity contribution in [2.75, 3.05) is 11.9 Å². The minimum atomic E-state index is -0.174. The third-order valence-corrected chi connectivity index (χ3v) is 5.59. The summed E-state index contributed by atoms with van der Waals surface area (Å²) in [6.45, 7) is 8.38. The molecule has 1 aromatic heterocycles. The molecule has 0 fully saturated rings. The zero-order valence-corrected chi connectivity index (χ0v) is 18.9. The first-order chi connectivity index (χ1) is 15.5. The molecule has 4 nitrogen and oxygen atoms in total. The maximum Gasteiger partial charge on any atom is 0.248 e. The predicted molar refractivity (Wildman–Crippen MR) is 131 cm³/mol. The molecule has 4 heteroatoms. The number of nitrogens with one attached hydrogen (secondary N) is 1. The van der Waals surface area contributed by atoms with Crippen molar-refractivity contribution in [3.8, 4) is 16.9 Å². The summed E-state index contributed by atoms with van der Waals surface area (Å²) in [6, 6.07) is 19.9. The summed E-state index contributed by atoms with van der Waals surface area (Å²) in [6.07, 6.45) is 3.41. The third-order valence-electron chi connectivity index (χ3n) is 5.59. The maximum atomic E-state index is 12.8. The van der Waals surface area contributed by atoms with E-state index >= 15 is 0 Å². The Bertz CT molecular complexity index is 1300. The molecule has 0 bridgehead atoms. The third kappa shape index (κ3) is 4.17. The van der Waals surface area contributed by atoms with Gasteiger partial charge in [0, 0.05) is 33.8 Å². The van der Waals surface area contributed by atoms with Gasteiger partial charge < -0.3 is 14.5 Å². The van der Waals surface area contributed by atoms with Gasteiger partial charge in [-0.25, -0.2) is 0 Å². The number of ether oxygens (including phenoxy) is 1. The molecule has 1 amide bonds. The van der Waals surface area contributed by atoms with Crippen molar-refractivity contribution in [3.05, 3.63) is 89.7 Å². The van der Waals surface area contributed by atoms with Crippen LogP contribution >= 0.6 is 0 Å². The first-order valence-corrected chi connectivity index (χ1v) is 10.8. The van der Waals surface area contributed by atoms with E-state index in [2.05, 4.69) is 23.5 Å². The van der Waals surface area contributed by atoms with Crippen LogP contribution in [0.25, 0.3) is 27.7 Å². The summed E-state index contributed by atoms with van der Waals surface area (Å²) in [5.74, 6) is 0.568. The average Bonchev–Trinajstić information content (AvgIpc) is 3.22. The van der Waals surface area contributed by atoms with Gasteiger partial charge in [-0.1, -0.05) is 48.5 Å². The summed E-state index contributed by atoms with van der Waals surface area (Å²) in [5.41, 5.74) is 7.36. The van der Waals surface area contributed by atoms with Crippen molar-refractivity contribution in [1.29, 1.82) is 0 Å². The summed E-state index contributed by atoms with van der Waals surface area (Å²) in [5, 5.41) is 3.97. The molecule has 32 heavy (non-hydrogen) atoms. The largest absolute Gasteiger partial charge is 0.493 e. The molecule has 0 aliphatic heterocycles. The standard InChI is InChI=1S/C28H27NO3/c1-5-31-27-20(4)28-23(24(17-32-28)21-12-7-6-8-13-21)16-22(27)19(3)15-26(30)29-25-14-10-9-11-18(25)2/h6-17H,5H2,1-4H3,(H,29,30)/b19-15+. The molecule has 0 aliphatic carbocycles. The van der Waals surface area contributed by atoms with E-state index in [1.54, 1.807) is 12.3 Å². The van der Waals surface area contributed by atoms with Crippen LogP contribution < -0.4 is 10.1 Å². The number of fused-ring (bicyclic) bond motifs is 1. The Balaban J connectivity index is 1.79. The van der Waals surface area contributed by atoms with Crippen molar-refractivity contribution < 1.29 is 13.9 Å². The number of para-hydroxylation sites is 1. The van der Waals surface area contributed by atoms with Gasteiger partial charge in [0.05, 0.1) is 12.9 Å². The van der Waals surface area contributed by atoms with Crippen LogP contribution in [-0.4, -0.2) is 12.5 Å². The Kier molecular flexibility index (Phi) is 6.13. The van der Waals surface area contributed by atoms with E-state index in [9.17, 15) is 4.79 Å². The van der Waals surface area contributed by atoms with Crippen molar-refractivity contribution in [1.82, 2.24) is 0 Å². The number of carbonyl (C=O) groups excluding carboxylic acids is 1. The second-order valence-corrected chi connectivity index (χ2v) is 7.83. The smallest absolute Gasteiger partial charge is 0.248 e. The van der Waals surface area contributed by atoms with Gasteiger partial charge in [-0.15, -0.1) is 0 Å². The SMILES string of the molecule is CCOc1c(/C(C)=C/C(=O)Nc2ccccc2C)cc2c(-c3ccccc3)coc2c1C. The van der Waals surface area contributed by atoms with Crippen LogP contribution in [-0.2, 0) is 4.79 Å². The van der Waals surface area contributed by atoms with E-state index in [-0.39, 0.29) is 5.91 Å². The van der Waals surface area contributed by atoms with Gasteiger partial charge in [-0.3, -0.25) is 4.79 Å². The van der Waals surface area contributed by atoms with Crippen LogP contribution in [0.5, 0.6) is 5.75 Å². The van der Waals surface area contributed by atoms with Crippen LogP contribution in [0.3, 0.4) is 0 Å². The fraction of sp³-hybridized carbons (Fsp3) is 0.179. The Morgan fingerprint density at radius 1 is 1.06 bits per heavy atom. The van der Waals surface area contributed by atoms with Crippen molar-refractivity contribution >= 4 is 28.1 Å². The maximum absolute atomic E-state index is 12.8. The molecular weight excluding hydrogens is 398 g/mol. The Morgan fingerprint density at radius 3 is 2.50 bits per heavy atom. The minimum Gasteiger partial charge on any atom is -0.493 e. The highest BCUT2D eigenvalue weighted by Gasteiger charge is 2.19. The van der Waals surface area contributed by atoms with Crippen LogP contribution in [0.1, 0.15) is 30.5 Å². The molecule has 0 saturated heterocycles. The molecule has 0 saturated carbocycles. The Hall–Kier alpha value is -3.79. The first kappa shape index (κ1) is 21.4. The van der Waals surface area contributed by atoms with E-state index in [0.29, 0.717) is 6.61 Å². The van der Waals surface area contributed by atoms with Crippen molar-refractivity contribution in [2.45, 2.75) is 27.7 Å². The van der Waals surface area contributed by atoms with Crippen LogP contribution in [0.15, 0.2) is 77.4 Å². The summed E-state index contributed by atoms with van der Waals surface area (Å²) < 4.78 is 11.9. The number of aryl methyl sites for hydroxylation is 2. The molecule has 4 rings (SSSR count). The van der Waals surface area contributed by atoms with Crippen molar-refractivity contribution in [2.24, 2.45) is 0 Å². The lowest BCUT2D eigenvalue weighted by Crippen LogP contribution is -2.10. The van der Waals surface area contributed by atoms with E-state index < -0.39 is 0 Å². The average molecular weight is 426 g/mol. The highest BCUT2D eigenvalue weighted by Crippen LogP contribution is 2.40. The zero-order valence-electron chi connectivity index (χ0n) is 18.9. The molecule has 0 radical (unpaired) electrons. The number of hydrogen-bond acceptors (Lipinski definition) is 3. The molecular formula is C28H27NO3.